The van der Waals surface area contributed by atoms with Crippen molar-refractivity contribution in [2.45, 2.75) is 6.92 Å². The predicted octanol–water partition coefficient (Wildman–Crippen LogP) is 3.36. The van der Waals surface area contributed by atoms with Gasteiger partial charge in [0, 0.05) is 0 Å². The van der Waals surface area contributed by atoms with E-state index in [1.807, 2.05) is 19.1 Å². The molecule has 0 radical (unpaired) electrons. The lowest BCUT2D eigenvalue weighted by atomic mass is 10.2. The summed E-state index contributed by atoms with van der Waals surface area (Å²) in [6.45, 7) is 1.75. The number of carboxylic acid groups (broad SMARTS) is 1. The number of carboxylic acids is 1. The van der Waals surface area contributed by atoms with Crippen LogP contribution in [0.25, 0.3) is 0 Å². The molecule has 2 N–H and O–H groups in total. The van der Waals surface area contributed by atoms with E-state index in [0.29, 0.717) is 5.75 Å². The molecule has 114 valence electrons. The molecule has 0 aliphatic carbocycles. The second kappa shape index (κ2) is 6.95. The fraction of sp³-hybridized carbons (Fsp3) is 0.125. The highest BCUT2D eigenvalue weighted by Gasteiger charge is 2.10. The fourth-order valence-corrected chi connectivity index (χ4v) is 1.89. The second-order valence-electron chi connectivity index (χ2n) is 4.65. The molecule has 0 atom stereocenters. The van der Waals surface area contributed by atoms with Crippen LogP contribution < -0.4 is 10.1 Å². The van der Waals surface area contributed by atoms with Crippen LogP contribution in [0.1, 0.15) is 15.9 Å². The molecule has 0 spiro atoms. The number of nitrogens with one attached hydrogen (secondary N) is 1. The number of carbonyl (C=O) groups excluding carboxylic acids is 1. The minimum atomic E-state index is -1.09. The zero-order chi connectivity index (χ0) is 16.1. The predicted molar refractivity (Wildman–Crippen MR) is 83.7 cm³/mol. The molecule has 0 saturated heterocycles. The molecule has 0 unspecified atom stereocenters. The van der Waals surface area contributed by atoms with E-state index in [1.165, 1.54) is 18.2 Å². The van der Waals surface area contributed by atoms with E-state index in [-0.39, 0.29) is 22.9 Å². The summed E-state index contributed by atoms with van der Waals surface area (Å²) in [5.74, 6) is -0.945. The number of halogens is 1. The molecule has 0 heterocycles. The van der Waals surface area contributed by atoms with E-state index in [9.17, 15) is 9.59 Å². The number of anilines is 1. The van der Waals surface area contributed by atoms with Gasteiger partial charge < -0.3 is 15.2 Å². The average molecular weight is 320 g/mol. The highest BCUT2D eigenvalue weighted by molar-refractivity contribution is 6.33. The van der Waals surface area contributed by atoms with Crippen molar-refractivity contribution in [2.24, 2.45) is 0 Å². The van der Waals surface area contributed by atoms with Crippen molar-refractivity contribution >= 4 is 29.2 Å². The zero-order valence-corrected chi connectivity index (χ0v) is 12.6. The topological polar surface area (TPSA) is 75.6 Å². The Balaban J connectivity index is 1.98. The van der Waals surface area contributed by atoms with Crippen LogP contribution in [0, 0.1) is 6.92 Å². The van der Waals surface area contributed by atoms with Crippen LogP contribution in [-0.2, 0) is 4.79 Å². The lowest BCUT2D eigenvalue weighted by Crippen LogP contribution is -2.20. The van der Waals surface area contributed by atoms with Gasteiger partial charge in [0.2, 0.25) is 0 Å². The molecule has 2 aromatic carbocycles. The van der Waals surface area contributed by atoms with Crippen LogP contribution in [-0.4, -0.2) is 23.6 Å². The van der Waals surface area contributed by atoms with Gasteiger partial charge in [-0.25, -0.2) is 4.79 Å². The molecule has 0 aromatic heterocycles. The number of benzene rings is 2. The van der Waals surface area contributed by atoms with Gasteiger partial charge >= 0.3 is 5.97 Å². The Hall–Kier alpha value is -2.53. The number of carbonyl (C=O) groups is 2. The summed E-state index contributed by atoms with van der Waals surface area (Å²) in [6.07, 6.45) is 0. The van der Waals surface area contributed by atoms with Crippen molar-refractivity contribution < 1.29 is 19.4 Å². The van der Waals surface area contributed by atoms with Crippen molar-refractivity contribution in [1.29, 1.82) is 0 Å². The van der Waals surface area contributed by atoms with Gasteiger partial charge in [0.1, 0.15) is 5.75 Å². The van der Waals surface area contributed by atoms with Crippen LogP contribution >= 0.6 is 11.6 Å². The Kier molecular flexibility index (Phi) is 5.01. The molecule has 2 aromatic rings. The summed E-state index contributed by atoms with van der Waals surface area (Å²) in [5, 5.41) is 11.7. The molecule has 0 bridgehead atoms. The lowest BCUT2D eigenvalue weighted by molar-refractivity contribution is -0.118. The van der Waals surface area contributed by atoms with Gasteiger partial charge in [-0.15, -0.1) is 0 Å². The number of hydrogen-bond acceptors (Lipinski definition) is 3. The second-order valence-corrected chi connectivity index (χ2v) is 5.06. The van der Waals surface area contributed by atoms with Crippen molar-refractivity contribution in [3.63, 3.8) is 0 Å². The number of ether oxygens (including phenoxy) is 1. The molecule has 2 rings (SSSR count). The summed E-state index contributed by atoms with van der Waals surface area (Å²) in [5.41, 5.74) is 1.37. The zero-order valence-electron chi connectivity index (χ0n) is 11.8. The smallest absolute Gasteiger partial charge is 0.335 e. The van der Waals surface area contributed by atoms with Crippen LogP contribution in [0.5, 0.6) is 5.75 Å². The van der Waals surface area contributed by atoms with Gasteiger partial charge in [-0.2, -0.15) is 0 Å². The first-order valence-electron chi connectivity index (χ1n) is 6.48. The van der Waals surface area contributed by atoms with Crippen molar-refractivity contribution in [3.8, 4) is 5.75 Å². The maximum Gasteiger partial charge on any atom is 0.335 e. The number of hydrogen-bond donors (Lipinski definition) is 2. The van der Waals surface area contributed by atoms with Crippen LogP contribution in [0.15, 0.2) is 42.5 Å². The van der Waals surface area contributed by atoms with Crippen LogP contribution in [0.4, 0.5) is 5.69 Å². The third-order valence-corrected chi connectivity index (χ3v) is 3.21. The molecular weight excluding hydrogens is 306 g/mol. The maximum atomic E-state index is 11.8. The molecule has 6 heteroatoms. The van der Waals surface area contributed by atoms with Crippen LogP contribution in [0.2, 0.25) is 5.02 Å². The van der Waals surface area contributed by atoms with E-state index < -0.39 is 11.9 Å². The third-order valence-electron chi connectivity index (χ3n) is 2.88. The summed E-state index contributed by atoms with van der Waals surface area (Å²) in [6, 6.07) is 11.4. The van der Waals surface area contributed by atoms with E-state index in [1.54, 1.807) is 12.1 Å². The van der Waals surface area contributed by atoms with E-state index in [0.717, 1.165) is 5.56 Å². The van der Waals surface area contributed by atoms with Gasteiger partial charge in [0.25, 0.3) is 5.91 Å². The standard InChI is InChI=1S/C16H14ClNO4/c1-10-2-5-12(6-3-10)22-9-15(19)18-14-8-11(16(20)21)4-7-13(14)17/h2-8H,9H2,1H3,(H,18,19)(H,20,21). The fourth-order valence-electron chi connectivity index (χ4n) is 1.72. The first kappa shape index (κ1) is 15.9. The van der Waals surface area contributed by atoms with Crippen molar-refractivity contribution in [1.82, 2.24) is 0 Å². The first-order chi connectivity index (χ1) is 10.5. The highest BCUT2D eigenvalue weighted by Crippen LogP contribution is 2.23. The molecular formula is C16H14ClNO4. The number of aromatic carboxylic acids is 1. The molecule has 1 amide bonds. The molecule has 0 aliphatic heterocycles. The largest absolute Gasteiger partial charge is 0.484 e. The molecule has 0 saturated carbocycles. The first-order valence-corrected chi connectivity index (χ1v) is 6.85. The normalized spacial score (nSPS) is 10.1. The Morgan fingerprint density at radius 3 is 2.50 bits per heavy atom. The van der Waals surface area contributed by atoms with Crippen molar-refractivity contribution in [3.05, 3.63) is 58.6 Å². The Bertz CT molecular complexity index is 698. The molecule has 0 aliphatic rings. The Morgan fingerprint density at radius 2 is 1.86 bits per heavy atom. The minimum Gasteiger partial charge on any atom is -0.484 e. The molecule has 22 heavy (non-hydrogen) atoms. The van der Waals surface area contributed by atoms with E-state index >= 15 is 0 Å². The van der Waals surface area contributed by atoms with Crippen LogP contribution in [0.3, 0.4) is 0 Å². The van der Waals surface area contributed by atoms with E-state index in [2.05, 4.69) is 5.32 Å². The summed E-state index contributed by atoms with van der Waals surface area (Å²) in [7, 11) is 0. The number of amides is 1. The Morgan fingerprint density at radius 1 is 1.18 bits per heavy atom. The van der Waals surface area contributed by atoms with Gasteiger partial charge in [-0.3, -0.25) is 4.79 Å². The molecule has 0 fully saturated rings. The van der Waals surface area contributed by atoms with Gasteiger partial charge in [0.05, 0.1) is 16.3 Å². The van der Waals surface area contributed by atoms with Gasteiger partial charge in [-0.1, -0.05) is 29.3 Å². The monoisotopic (exact) mass is 319 g/mol. The van der Waals surface area contributed by atoms with E-state index in [4.69, 9.17) is 21.4 Å². The number of aryl methyl sites for hydroxylation is 1. The molecule has 5 nitrogen and oxygen atoms in total. The quantitative estimate of drug-likeness (QED) is 0.886. The average Bonchev–Trinajstić information content (AvgIpc) is 2.48. The van der Waals surface area contributed by atoms with Crippen molar-refractivity contribution in [2.75, 3.05) is 11.9 Å². The van der Waals surface area contributed by atoms with Gasteiger partial charge in [-0.05, 0) is 37.3 Å². The highest BCUT2D eigenvalue weighted by atomic mass is 35.5. The lowest BCUT2D eigenvalue weighted by Gasteiger charge is -2.09. The SMILES string of the molecule is Cc1ccc(OCC(=O)Nc2cc(C(=O)O)ccc2Cl)cc1. The number of rotatable bonds is 5. The minimum absolute atomic E-state index is 0.0409. The third kappa shape index (κ3) is 4.23. The summed E-state index contributed by atoms with van der Waals surface area (Å²) >= 11 is 5.93. The maximum absolute atomic E-state index is 11.8. The Labute approximate surface area is 132 Å². The summed E-state index contributed by atoms with van der Waals surface area (Å²) < 4.78 is 5.34. The summed E-state index contributed by atoms with van der Waals surface area (Å²) in [4.78, 5) is 22.8. The van der Waals surface area contributed by atoms with Gasteiger partial charge in [0.15, 0.2) is 6.61 Å².